The maximum Gasteiger partial charge on any atom is 0.272 e. The summed E-state index contributed by atoms with van der Waals surface area (Å²) in [5.74, 6) is -0.00994. The van der Waals surface area contributed by atoms with Crippen LogP contribution in [0.5, 0.6) is 5.75 Å². The molecule has 2 N–H and O–H groups in total. The number of sulfonamides is 1. The smallest absolute Gasteiger partial charge is 0.272 e. The van der Waals surface area contributed by atoms with Crippen molar-refractivity contribution in [1.82, 2.24) is 10.3 Å². The quantitative estimate of drug-likeness (QED) is 0.707. The standard InChI is InChI=1S/C18H19ClN2O4S/c1-13-4-3-5-14(2)18(13)25-12-17(22)20-21-26(23,24)11-10-15-6-8-16(19)9-7-15/h3-11,21H,12H2,1-2H3,(H,20,22)/b11-10+. The number of halogens is 1. The molecule has 0 fully saturated rings. The Morgan fingerprint density at radius 3 is 2.35 bits per heavy atom. The van der Waals surface area contributed by atoms with E-state index in [9.17, 15) is 13.2 Å². The summed E-state index contributed by atoms with van der Waals surface area (Å²) in [6.07, 6.45) is 1.39. The number of nitrogens with one attached hydrogen (secondary N) is 2. The highest BCUT2D eigenvalue weighted by molar-refractivity contribution is 7.92. The lowest BCUT2D eigenvalue weighted by molar-refractivity contribution is -0.123. The number of rotatable bonds is 7. The Hall–Kier alpha value is -2.35. The Bertz CT molecular complexity index is 889. The normalized spacial score (nSPS) is 11.5. The van der Waals surface area contributed by atoms with Gasteiger partial charge in [-0.2, -0.15) is 0 Å². The van der Waals surface area contributed by atoms with Gasteiger partial charge in [-0.25, -0.2) is 8.42 Å². The highest BCUT2D eigenvalue weighted by Crippen LogP contribution is 2.21. The fraction of sp³-hybridized carbons (Fsp3) is 0.167. The summed E-state index contributed by atoms with van der Waals surface area (Å²) in [5.41, 5.74) is 4.55. The van der Waals surface area contributed by atoms with Crippen LogP contribution in [-0.4, -0.2) is 20.9 Å². The first-order valence-corrected chi connectivity index (χ1v) is 9.62. The molecule has 2 rings (SSSR count). The van der Waals surface area contributed by atoms with Crippen molar-refractivity contribution >= 4 is 33.6 Å². The number of ether oxygens (including phenoxy) is 1. The van der Waals surface area contributed by atoms with Gasteiger partial charge in [0.2, 0.25) is 0 Å². The van der Waals surface area contributed by atoms with Gasteiger partial charge in [-0.15, -0.1) is 4.83 Å². The third-order valence-electron chi connectivity index (χ3n) is 3.40. The molecule has 2 aromatic rings. The SMILES string of the molecule is Cc1cccc(C)c1OCC(=O)NNS(=O)(=O)/C=C/c1ccc(Cl)cc1. The fourth-order valence-electron chi connectivity index (χ4n) is 2.10. The lowest BCUT2D eigenvalue weighted by Gasteiger charge is -2.12. The van der Waals surface area contributed by atoms with Gasteiger partial charge in [0.15, 0.2) is 6.61 Å². The second-order valence-corrected chi connectivity index (χ2v) is 7.56. The molecule has 0 spiro atoms. The maximum atomic E-state index is 11.9. The highest BCUT2D eigenvalue weighted by atomic mass is 35.5. The zero-order chi connectivity index (χ0) is 19.2. The molecule has 0 aliphatic heterocycles. The second kappa shape index (κ2) is 8.84. The molecule has 0 radical (unpaired) electrons. The van der Waals surface area contributed by atoms with Crippen molar-refractivity contribution in [2.75, 3.05) is 6.61 Å². The molecule has 6 nitrogen and oxygen atoms in total. The molecule has 2 aromatic carbocycles. The zero-order valence-electron chi connectivity index (χ0n) is 14.3. The Balaban J connectivity index is 1.86. The monoisotopic (exact) mass is 394 g/mol. The number of aryl methyl sites for hydroxylation is 2. The minimum Gasteiger partial charge on any atom is -0.483 e. The third kappa shape index (κ3) is 6.18. The van der Waals surface area contributed by atoms with Crippen LogP contribution in [-0.2, 0) is 14.8 Å². The van der Waals surface area contributed by atoms with E-state index in [1.165, 1.54) is 6.08 Å². The molecule has 0 aliphatic rings. The molecule has 1 amide bonds. The van der Waals surface area contributed by atoms with Crippen molar-refractivity contribution in [3.05, 3.63) is 69.6 Å². The Morgan fingerprint density at radius 1 is 1.12 bits per heavy atom. The first kappa shape index (κ1) is 20.0. The summed E-state index contributed by atoms with van der Waals surface area (Å²) >= 11 is 5.77. The number of hydrazine groups is 1. The van der Waals surface area contributed by atoms with Crippen LogP contribution in [0.3, 0.4) is 0 Å². The number of hydrogen-bond donors (Lipinski definition) is 2. The molecular weight excluding hydrogens is 376 g/mol. The Morgan fingerprint density at radius 2 is 1.73 bits per heavy atom. The lowest BCUT2D eigenvalue weighted by atomic mass is 10.1. The van der Waals surface area contributed by atoms with Crippen LogP contribution >= 0.6 is 11.6 Å². The van der Waals surface area contributed by atoms with E-state index in [1.807, 2.05) is 36.9 Å². The predicted molar refractivity (Wildman–Crippen MR) is 102 cm³/mol. The first-order valence-electron chi connectivity index (χ1n) is 7.70. The van der Waals surface area contributed by atoms with Gasteiger partial charge in [-0.1, -0.05) is 41.9 Å². The van der Waals surface area contributed by atoms with E-state index in [4.69, 9.17) is 16.3 Å². The predicted octanol–water partition coefficient (Wildman–Crippen LogP) is 2.96. The summed E-state index contributed by atoms with van der Waals surface area (Å²) in [6, 6.07) is 12.3. The molecule has 0 saturated carbocycles. The number of carbonyl (C=O) groups is 1. The van der Waals surface area contributed by atoms with Crippen LogP contribution in [0, 0.1) is 13.8 Å². The first-order chi connectivity index (χ1) is 12.3. The summed E-state index contributed by atoms with van der Waals surface area (Å²) in [6.45, 7) is 3.42. The summed E-state index contributed by atoms with van der Waals surface area (Å²) in [7, 11) is -3.84. The second-order valence-electron chi connectivity index (χ2n) is 5.56. The van der Waals surface area contributed by atoms with E-state index in [1.54, 1.807) is 24.3 Å². The maximum absolute atomic E-state index is 11.9. The van der Waals surface area contributed by atoms with Crippen LogP contribution in [0.2, 0.25) is 5.02 Å². The van der Waals surface area contributed by atoms with Crippen molar-refractivity contribution in [3.63, 3.8) is 0 Å². The molecule has 26 heavy (non-hydrogen) atoms. The number of para-hydroxylation sites is 1. The van der Waals surface area contributed by atoms with Crippen molar-refractivity contribution in [2.24, 2.45) is 0 Å². The van der Waals surface area contributed by atoms with Gasteiger partial charge in [0.25, 0.3) is 15.9 Å². The molecule has 0 bridgehead atoms. The van der Waals surface area contributed by atoms with Crippen molar-refractivity contribution in [1.29, 1.82) is 0 Å². The van der Waals surface area contributed by atoms with Crippen molar-refractivity contribution < 1.29 is 17.9 Å². The van der Waals surface area contributed by atoms with E-state index in [-0.39, 0.29) is 6.61 Å². The van der Waals surface area contributed by atoms with Crippen LogP contribution in [0.4, 0.5) is 0 Å². The Labute approximate surface area is 157 Å². The van der Waals surface area contributed by atoms with Gasteiger partial charge < -0.3 is 4.74 Å². The minimum atomic E-state index is -3.84. The van der Waals surface area contributed by atoms with Crippen LogP contribution in [0.1, 0.15) is 16.7 Å². The minimum absolute atomic E-state index is 0.310. The van der Waals surface area contributed by atoms with Gasteiger partial charge >= 0.3 is 0 Å². The van der Waals surface area contributed by atoms with E-state index >= 15 is 0 Å². The molecule has 0 saturated heterocycles. The van der Waals surface area contributed by atoms with Gasteiger partial charge in [-0.05, 0) is 48.7 Å². The van der Waals surface area contributed by atoms with Gasteiger partial charge in [-0.3, -0.25) is 10.2 Å². The number of hydrogen-bond acceptors (Lipinski definition) is 4. The van der Waals surface area contributed by atoms with Crippen LogP contribution < -0.4 is 15.0 Å². The molecule has 138 valence electrons. The van der Waals surface area contributed by atoms with Crippen molar-refractivity contribution in [2.45, 2.75) is 13.8 Å². The van der Waals surface area contributed by atoms with Crippen molar-refractivity contribution in [3.8, 4) is 5.75 Å². The molecule has 0 atom stereocenters. The van der Waals surface area contributed by atoms with Crippen LogP contribution in [0.15, 0.2) is 47.9 Å². The van der Waals surface area contributed by atoms with E-state index in [0.29, 0.717) is 16.3 Å². The van der Waals surface area contributed by atoms with Crippen LogP contribution in [0.25, 0.3) is 6.08 Å². The average molecular weight is 395 g/mol. The zero-order valence-corrected chi connectivity index (χ0v) is 15.9. The Kier molecular flexibility index (Phi) is 6.79. The van der Waals surface area contributed by atoms with Gasteiger partial charge in [0.1, 0.15) is 5.75 Å². The molecule has 0 heterocycles. The summed E-state index contributed by atoms with van der Waals surface area (Å²) in [4.78, 5) is 13.8. The number of carbonyl (C=O) groups excluding carboxylic acids is 1. The average Bonchev–Trinajstić information content (AvgIpc) is 2.59. The highest BCUT2D eigenvalue weighted by Gasteiger charge is 2.10. The topological polar surface area (TPSA) is 84.5 Å². The van der Waals surface area contributed by atoms with Gasteiger partial charge in [0, 0.05) is 10.4 Å². The molecule has 0 aromatic heterocycles. The molecular formula is C18H19ClN2O4S. The molecule has 8 heteroatoms. The fourth-order valence-corrected chi connectivity index (χ4v) is 2.89. The van der Waals surface area contributed by atoms with E-state index < -0.39 is 15.9 Å². The third-order valence-corrected chi connectivity index (χ3v) is 4.53. The summed E-state index contributed by atoms with van der Waals surface area (Å²) < 4.78 is 29.2. The molecule has 0 aliphatic carbocycles. The summed E-state index contributed by atoms with van der Waals surface area (Å²) in [5, 5.41) is 1.50. The number of benzene rings is 2. The van der Waals surface area contributed by atoms with E-state index in [2.05, 4.69) is 5.43 Å². The molecule has 0 unspecified atom stereocenters. The van der Waals surface area contributed by atoms with E-state index in [0.717, 1.165) is 16.5 Å². The lowest BCUT2D eigenvalue weighted by Crippen LogP contribution is -2.42. The largest absolute Gasteiger partial charge is 0.483 e. The van der Waals surface area contributed by atoms with Gasteiger partial charge in [0.05, 0.1) is 0 Å². The number of amides is 1.